The summed E-state index contributed by atoms with van der Waals surface area (Å²) in [5.74, 6) is -1.21. The summed E-state index contributed by atoms with van der Waals surface area (Å²) in [6.07, 6.45) is -1.37. The lowest BCUT2D eigenvalue weighted by Gasteiger charge is -2.16. The Morgan fingerprint density at radius 1 is 1.40 bits per heavy atom. The number of carbonyl (C=O) groups is 1. The quantitative estimate of drug-likeness (QED) is 0.664. The molecule has 0 bridgehead atoms. The van der Waals surface area contributed by atoms with Crippen molar-refractivity contribution < 1.29 is 15.0 Å². The summed E-state index contributed by atoms with van der Waals surface area (Å²) in [5.41, 5.74) is 1.06. The normalized spacial score (nSPS) is 14.5. The highest BCUT2D eigenvalue weighted by molar-refractivity contribution is 5.72. The number of aliphatic carboxylic acids is 1. The second-order valence-corrected chi connectivity index (χ2v) is 3.44. The van der Waals surface area contributed by atoms with Crippen molar-refractivity contribution in [3.05, 3.63) is 35.9 Å². The first kappa shape index (κ1) is 11.7. The van der Waals surface area contributed by atoms with Gasteiger partial charge in [0, 0.05) is 12.6 Å². The number of carboxylic acid groups (broad SMARTS) is 1. The van der Waals surface area contributed by atoms with Crippen LogP contribution in [-0.2, 0) is 11.3 Å². The molecule has 3 N–H and O–H groups in total. The Kier molecular flexibility index (Phi) is 4.27. The van der Waals surface area contributed by atoms with Crippen molar-refractivity contribution in [2.75, 3.05) is 0 Å². The molecule has 1 rings (SSSR count). The molecule has 0 saturated heterocycles. The average Bonchev–Trinajstić information content (AvgIpc) is 2.26. The van der Waals surface area contributed by atoms with Crippen LogP contribution < -0.4 is 5.32 Å². The molecular weight excluding hydrogens is 194 g/mol. The van der Waals surface area contributed by atoms with Gasteiger partial charge in [-0.1, -0.05) is 30.3 Å². The fraction of sp³-hybridized carbons (Fsp3) is 0.364. The van der Waals surface area contributed by atoms with E-state index < -0.39 is 18.1 Å². The second kappa shape index (κ2) is 5.48. The van der Waals surface area contributed by atoms with E-state index in [1.54, 1.807) is 6.92 Å². The van der Waals surface area contributed by atoms with Gasteiger partial charge in [0.15, 0.2) is 6.10 Å². The van der Waals surface area contributed by atoms with Gasteiger partial charge < -0.3 is 15.5 Å². The molecule has 0 saturated carbocycles. The minimum absolute atomic E-state index is 0.470. The van der Waals surface area contributed by atoms with Gasteiger partial charge in [0.1, 0.15) is 0 Å². The summed E-state index contributed by atoms with van der Waals surface area (Å²) < 4.78 is 0. The first-order valence-electron chi connectivity index (χ1n) is 4.79. The number of hydrogen-bond acceptors (Lipinski definition) is 3. The molecule has 4 heteroatoms. The number of aliphatic hydroxyl groups excluding tert-OH is 1. The van der Waals surface area contributed by atoms with Crippen LogP contribution in [0.4, 0.5) is 0 Å². The molecule has 0 fully saturated rings. The van der Waals surface area contributed by atoms with Crippen LogP contribution in [0.15, 0.2) is 30.3 Å². The molecule has 0 aromatic heterocycles. The minimum atomic E-state index is -1.37. The van der Waals surface area contributed by atoms with Crippen LogP contribution in [0.5, 0.6) is 0 Å². The molecule has 4 nitrogen and oxygen atoms in total. The molecule has 0 radical (unpaired) electrons. The summed E-state index contributed by atoms with van der Waals surface area (Å²) in [4.78, 5) is 10.5. The summed E-state index contributed by atoms with van der Waals surface area (Å²) in [5, 5.41) is 20.7. The maximum atomic E-state index is 10.5. The molecule has 0 aliphatic carbocycles. The maximum absolute atomic E-state index is 10.5. The van der Waals surface area contributed by atoms with Crippen LogP contribution >= 0.6 is 0 Å². The zero-order valence-corrected chi connectivity index (χ0v) is 8.55. The van der Waals surface area contributed by atoms with E-state index in [4.69, 9.17) is 5.11 Å². The molecule has 0 aliphatic rings. The lowest BCUT2D eigenvalue weighted by atomic mass is 10.1. The first-order chi connectivity index (χ1) is 7.11. The first-order valence-corrected chi connectivity index (χ1v) is 4.79. The predicted molar refractivity (Wildman–Crippen MR) is 56.4 cm³/mol. The monoisotopic (exact) mass is 209 g/mol. The molecule has 0 unspecified atom stereocenters. The highest BCUT2D eigenvalue weighted by Crippen LogP contribution is 2.00. The van der Waals surface area contributed by atoms with Crippen LogP contribution in [0, 0.1) is 0 Å². The fourth-order valence-electron chi connectivity index (χ4n) is 1.20. The lowest BCUT2D eigenvalue weighted by Crippen LogP contribution is -2.41. The second-order valence-electron chi connectivity index (χ2n) is 3.44. The number of hydrogen-bond donors (Lipinski definition) is 3. The summed E-state index contributed by atoms with van der Waals surface area (Å²) in [6, 6.07) is 9.14. The number of carboxylic acids is 1. The van der Waals surface area contributed by atoms with Crippen molar-refractivity contribution >= 4 is 5.97 Å². The van der Waals surface area contributed by atoms with E-state index in [0.717, 1.165) is 5.56 Å². The molecule has 82 valence electrons. The standard InChI is InChI=1S/C11H15NO3/c1-8(10(13)11(14)15)12-7-9-5-3-2-4-6-9/h2-6,8,10,12-13H,7H2,1H3,(H,14,15)/t8-,10-/m0/s1. The van der Waals surface area contributed by atoms with Gasteiger partial charge in [-0.25, -0.2) is 4.79 Å². The van der Waals surface area contributed by atoms with E-state index in [0.29, 0.717) is 6.54 Å². The predicted octanol–water partition coefficient (Wildman–Crippen LogP) is 0.610. The van der Waals surface area contributed by atoms with Gasteiger partial charge in [-0.3, -0.25) is 0 Å². The van der Waals surface area contributed by atoms with E-state index in [1.165, 1.54) is 0 Å². The van der Waals surface area contributed by atoms with Crippen LogP contribution in [0.3, 0.4) is 0 Å². The van der Waals surface area contributed by atoms with Crippen LogP contribution in [0.1, 0.15) is 12.5 Å². The zero-order valence-electron chi connectivity index (χ0n) is 8.55. The summed E-state index contributed by atoms with van der Waals surface area (Å²) in [7, 11) is 0. The van der Waals surface area contributed by atoms with Crippen molar-refractivity contribution in [2.45, 2.75) is 25.6 Å². The zero-order chi connectivity index (χ0) is 11.3. The third kappa shape index (κ3) is 3.69. The average molecular weight is 209 g/mol. The lowest BCUT2D eigenvalue weighted by molar-refractivity contribution is -0.147. The van der Waals surface area contributed by atoms with E-state index in [1.807, 2.05) is 30.3 Å². The van der Waals surface area contributed by atoms with E-state index in [2.05, 4.69) is 5.32 Å². The number of aliphatic hydroxyl groups is 1. The fourth-order valence-corrected chi connectivity index (χ4v) is 1.20. The molecule has 1 aromatic rings. The number of benzene rings is 1. The molecule has 15 heavy (non-hydrogen) atoms. The third-order valence-corrected chi connectivity index (χ3v) is 2.20. The van der Waals surface area contributed by atoms with Crippen molar-refractivity contribution in [2.24, 2.45) is 0 Å². The van der Waals surface area contributed by atoms with E-state index >= 15 is 0 Å². The van der Waals surface area contributed by atoms with Crippen molar-refractivity contribution in [3.8, 4) is 0 Å². The Morgan fingerprint density at radius 3 is 2.53 bits per heavy atom. The smallest absolute Gasteiger partial charge is 0.334 e. The Balaban J connectivity index is 2.41. The Hall–Kier alpha value is -1.39. The van der Waals surface area contributed by atoms with E-state index in [-0.39, 0.29) is 0 Å². The largest absolute Gasteiger partial charge is 0.479 e. The third-order valence-electron chi connectivity index (χ3n) is 2.20. The van der Waals surface area contributed by atoms with Crippen molar-refractivity contribution in [3.63, 3.8) is 0 Å². The Bertz CT molecular complexity index is 313. The number of nitrogens with one attached hydrogen (secondary N) is 1. The van der Waals surface area contributed by atoms with Gasteiger partial charge in [-0.05, 0) is 12.5 Å². The van der Waals surface area contributed by atoms with Crippen LogP contribution in [-0.4, -0.2) is 28.3 Å². The highest BCUT2D eigenvalue weighted by Gasteiger charge is 2.20. The molecular formula is C11H15NO3. The van der Waals surface area contributed by atoms with Crippen LogP contribution in [0.2, 0.25) is 0 Å². The summed E-state index contributed by atoms with van der Waals surface area (Å²) >= 11 is 0. The maximum Gasteiger partial charge on any atom is 0.334 e. The van der Waals surface area contributed by atoms with E-state index in [9.17, 15) is 9.90 Å². The number of rotatable bonds is 5. The Labute approximate surface area is 88.6 Å². The SMILES string of the molecule is C[C@H](NCc1ccccc1)[C@H](O)C(=O)O. The van der Waals surface area contributed by atoms with Crippen molar-refractivity contribution in [1.29, 1.82) is 0 Å². The molecule has 0 aliphatic heterocycles. The van der Waals surface area contributed by atoms with Gasteiger partial charge in [0.25, 0.3) is 0 Å². The van der Waals surface area contributed by atoms with Gasteiger partial charge in [0.2, 0.25) is 0 Å². The molecule has 1 aromatic carbocycles. The van der Waals surface area contributed by atoms with Crippen molar-refractivity contribution in [1.82, 2.24) is 5.32 Å². The summed E-state index contributed by atoms with van der Waals surface area (Å²) in [6.45, 7) is 2.19. The molecule has 0 heterocycles. The van der Waals surface area contributed by atoms with Gasteiger partial charge in [0.05, 0.1) is 0 Å². The van der Waals surface area contributed by atoms with Crippen LogP contribution in [0.25, 0.3) is 0 Å². The topological polar surface area (TPSA) is 69.6 Å². The van der Waals surface area contributed by atoms with Gasteiger partial charge >= 0.3 is 5.97 Å². The minimum Gasteiger partial charge on any atom is -0.479 e. The molecule has 0 amide bonds. The molecule has 2 atom stereocenters. The van der Waals surface area contributed by atoms with Gasteiger partial charge in [-0.15, -0.1) is 0 Å². The highest BCUT2D eigenvalue weighted by atomic mass is 16.4. The van der Waals surface area contributed by atoms with Gasteiger partial charge in [-0.2, -0.15) is 0 Å². The molecule has 0 spiro atoms. The Morgan fingerprint density at radius 2 is 2.00 bits per heavy atom.